The van der Waals surface area contributed by atoms with Crippen molar-refractivity contribution in [3.63, 3.8) is 0 Å². The number of nitrogens with one attached hydrogen (secondary N) is 1. The minimum Gasteiger partial charge on any atom is -0.507 e. The molecule has 0 unspecified atom stereocenters. The molecule has 0 atom stereocenters. The molecule has 8 heteroatoms. The van der Waals surface area contributed by atoms with E-state index in [1.54, 1.807) is 42.5 Å². The van der Waals surface area contributed by atoms with Crippen molar-refractivity contribution < 1.29 is 29.3 Å². The lowest BCUT2D eigenvalue weighted by Crippen LogP contribution is -2.24. The van der Waals surface area contributed by atoms with Crippen molar-refractivity contribution in [1.29, 1.82) is 0 Å². The average Bonchev–Trinajstić information content (AvgIpc) is 2.99. The first-order chi connectivity index (χ1) is 19.9. The molecular formula is C33H30N2O6. The standard InChI is InChI=1S/C33H30N2O6/c34-30-27(19-26(37)28-29(30)32(39)25-11-4-3-10-24(25)31(28)38)41-23-14-12-20(13-15-23)21-8-7-9-22(18-21)33(40)35-16-5-1-2-6-17-36/h3-4,7-15,18-19,36-37H,1-2,5-6,16-17,34H2,(H,35,40). The van der Waals surface area contributed by atoms with Crippen molar-refractivity contribution in [2.75, 3.05) is 18.9 Å². The number of amides is 1. The summed E-state index contributed by atoms with van der Waals surface area (Å²) in [6.45, 7) is 0.769. The number of ether oxygens (including phenoxy) is 1. The maximum Gasteiger partial charge on any atom is 0.251 e. The minimum absolute atomic E-state index is 0.0261. The number of hydrogen-bond donors (Lipinski definition) is 4. The molecule has 4 aromatic rings. The Labute approximate surface area is 237 Å². The zero-order valence-corrected chi connectivity index (χ0v) is 22.4. The Morgan fingerprint density at radius 2 is 1.46 bits per heavy atom. The van der Waals surface area contributed by atoms with Gasteiger partial charge in [-0.25, -0.2) is 0 Å². The maximum absolute atomic E-state index is 13.2. The Bertz CT molecular complexity index is 1630. The number of hydrogen-bond acceptors (Lipinski definition) is 7. The molecule has 208 valence electrons. The predicted octanol–water partition coefficient (Wildman–Crippen LogP) is 5.49. The molecular weight excluding hydrogens is 520 g/mol. The second-order valence-corrected chi connectivity index (χ2v) is 9.86. The maximum atomic E-state index is 13.2. The number of aliphatic hydroxyl groups excluding tert-OH is 1. The fraction of sp³-hybridized carbons (Fsp3) is 0.182. The summed E-state index contributed by atoms with van der Waals surface area (Å²) < 4.78 is 5.93. The van der Waals surface area contributed by atoms with Crippen LogP contribution in [0.5, 0.6) is 17.2 Å². The van der Waals surface area contributed by atoms with E-state index in [1.807, 2.05) is 30.3 Å². The van der Waals surface area contributed by atoms with Crippen LogP contribution in [0.15, 0.2) is 78.9 Å². The van der Waals surface area contributed by atoms with Gasteiger partial charge in [0.1, 0.15) is 11.5 Å². The van der Waals surface area contributed by atoms with Gasteiger partial charge in [-0.2, -0.15) is 0 Å². The van der Waals surface area contributed by atoms with Crippen LogP contribution in [0.3, 0.4) is 0 Å². The van der Waals surface area contributed by atoms with Crippen LogP contribution < -0.4 is 15.8 Å². The van der Waals surface area contributed by atoms with Crippen molar-refractivity contribution >= 4 is 23.2 Å². The molecule has 0 bridgehead atoms. The van der Waals surface area contributed by atoms with Crippen LogP contribution in [0, 0.1) is 0 Å². The molecule has 5 N–H and O–H groups in total. The highest BCUT2D eigenvalue weighted by Crippen LogP contribution is 2.42. The van der Waals surface area contributed by atoms with Gasteiger partial charge in [0.05, 0.1) is 16.8 Å². The van der Waals surface area contributed by atoms with E-state index in [1.165, 1.54) is 6.07 Å². The molecule has 1 aliphatic carbocycles. The lowest BCUT2D eigenvalue weighted by atomic mass is 9.82. The Morgan fingerprint density at radius 3 is 2.17 bits per heavy atom. The number of phenolic OH excluding ortho intramolecular Hbond substituents is 1. The van der Waals surface area contributed by atoms with Crippen LogP contribution in [0.4, 0.5) is 5.69 Å². The van der Waals surface area contributed by atoms with E-state index in [9.17, 15) is 19.5 Å². The van der Waals surface area contributed by atoms with Crippen LogP contribution in [0.25, 0.3) is 11.1 Å². The van der Waals surface area contributed by atoms with Gasteiger partial charge >= 0.3 is 0 Å². The van der Waals surface area contributed by atoms with E-state index in [-0.39, 0.29) is 52.0 Å². The van der Waals surface area contributed by atoms with E-state index in [2.05, 4.69) is 5.32 Å². The first-order valence-corrected chi connectivity index (χ1v) is 13.5. The number of fused-ring (bicyclic) bond motifs is 2. The van der Waals surface area contributed by atoms with E-state index < -0.39 is 11.6 Å². The predicted molar refractivity (Wildman–Crippen MR) is 156 cm³/mol. The molecule has 8 nitrogen and oxygen atoms in total. The highest BCUT2D eigenvalue weighted by atomic mass is 16.5. The Hall–Kier alpha value is -4.95. The smallest absolute Gasteiger partial charge is 0.251 e. The number of phenols is 1. The summed E-state index contributed by atoms with van der Waals surface area (Å²) in [5.41, 5.74) is 8.79. The normalized spacial score (nSPS) is 12.0. The lowest BCUT2D eigenvalue weighted by molar-refractivity contribution is 0.0952. The number of anilines is 1. The fourth-order valence-corrected chi connectivity index (χ4v) is 4.94. The second-order valence-electron chi connectivity index (χ2n) is 9.86. The highest BCUT2D eigenvalue weighted by Gasteiger charge is 2.35. The summed E-state index contributed by atoms with van der Waals surface area (Å²) in [4.78, 5) is 38.8. The van der Waals surface area contributed by atoms with Crippen molar-refractivity contribution in [2.24, 2.45) is 0 Å². The number of benzene rings is 4. The van der Waals surface area contributed by atoms with E-state index >= 15 is 0 Å². The van der Waals surface area contributed by atoms with Crippen molar-refractivity contribution in [1.82, 2.24) is 5.32 Å². The number of aromatic hydroxyl groups is 1. The molecule has 0 aliphatic heterocycles. The summed E-state index contributed by atoms with van der Waals surface area (Å²) in [5.74, 6) is -0.977. The summed E-state index contributed by atoms with van der Waals surface area (Å²) >= 11 is 0. The van der Waals surface area contributed by atoms with Gasteiger partial charge in [-0.15, -0.1) is 0 Å². The second kappa shape index (κ2) is 12.1. The highest BCUT2D eigenvalue weighted by molar-refractivity contribution is 6.31. The largest absolute Gasteiger partial charge is 0.507 e. The number of unbranched alkanes of at least 4 members (excludes halogenated alkanes) is 3. The third-order valence-electron chi connectivity index (χ3n) is 7.09. The summed E-state index contributed by atoms with van der Waals surface area (Å²) in [7, 11) is 0. The summed E-state index contributed by atoms with van der Waals surface area (Å²) in [6.07, 6.45) is 3.53. The van der Waals surface area contributed by atoms with Crippen LogP contribution in [0.1, 0.15) is 67.9 Å². The van der Waals surface area contributed by atoms with Crippen molar-refractivity contribution in [2.45, 2.75) is 25.7 Å². The Morgan fingerprint density at radius 1 is 0.780 bits per heavy atom. The molecule has 0 radical (unpaired) electrons. The Balaban J connectivity index is 1.31. The molecule has 0 spiro atoms. The fourth-order valence-electron chi connectivity index (χ4n) is 4.94. The summed E-state index contributed by atoms with van der Waals surface area (Å²) in [6, 6.07) is 22.1. The molecule has 5 rings (SSSR count). The number of nitrogen functional groups attached to an aromatic ring is 1. The van der Waals surface area contributed by atoms with E-state index in [0.717, 1.165) is 36.8 Å². The third-order valence-corrected chi connectivity index (χ3v) is 7.09. The lowest BCUT2D eigenvalue weighted by Gasteiger charge is -2.21. The topological polar surface area (TPSA) is 139 Å². The van der Waals surface area contributed by atoms with Crippen LogP contribution in [0.2, 0.25) is 0 Å². The van der Waals surface area contributed by atoms with Crippen LogP contribution in [-0.2, 0) is 0 Å². The number of aliphatic hydroxyl groups is 1. The Kier molecular flexibility index (Phi) is 8.12. The van der Waals surface area contributed by atoms with Gasteiger partial charge in [-0.3, -0.25) is 14.4 Å². The quantitative estimate of drug-likeness (QED) is 0.102. The third kappa shape index (κ3) is 5.69. The molecule has 1 amide bonds. The minimum atomic E-state index is -0.468. The molecule has 1 aliphatic rings. The zero-order chi connectivity index (χ0) is 28.9. The first kappa shape index (κ1) is 27.6. The van der Waals surface area contributed by atoms with Gasteiger partial charge in [-0.1, -0.05) is 61.4 Å². The van der Waals surface area contributed by atoms with Crippen molar-refractivity contribution in [3.8, 4) is 28.4 Å². The number of carbonyl (C=O) groups is 3. The SMILES string of the molecule is Nc1c(Oc2ccc(-c3cccc(C(=O)NCCCCCCO)c3)cc2)cc(O)c2c1C(=O)c1ccccc1C2=O. The molecule has 41 heavy (non-hydrogen) atoms. The summed E-state index contributed by atoms with van der Waals surface area (Å²) in [5, 5.41) is 22.5. The molecule has 0 saturated carbocycles. The monoisotopic (exact) mass is 550 g/mol. The van der Waals surface area contributed by atoms with Gasteiger partial charge in [0.2, 0.25) is 0 Å². The molecule has 0 fully saturated rings. The van der Waals surface area contributed by atoms with Crippen LogP contribution in [-0.4, -0.2) is 40.8 Å². The molecule has 0 heterocycles. The van der Waals surface area contributed by atoms with Crippen molar-refractivity contribution in [3.05, 3.63) is 107 Å². The average molecular weight is 551 g/mol. The number of carbonyl (C=O) groups excluding carboxylic acids is 3. The molecule has 0 saturated heterocycles. The van der Waals surface area contributed by atoms with Gasteiger partial charge in [0, 0.05) is 35.9 Å². The van der Waals surface area contributed by atoms with Gasteiger partial charge in [0.25, 0.3) is 5.91 Å². The first-order valence-electron chi connectivity index (χ1n) is 13.5. The van der Waals surface area contributed by atoms with E-state index in [4.69, 9.17) is 15.6 Å². The zero-order valence-electron chi connectivity index (χ0n) is 22.4. The van der Waals surface area contributed by atoms with Gasteiger partial charge in [-0.05, 0) is 48.2 Å². The van der Waals surface area contributed by atoms with Gasteiger partial charge in [0.15, 0.2) is 17.3 Å². The molecule has 0 aromatic heterocycles. The number of nitrogens with two attached hydrogens (primary N) is 1. The number of ketones is 2. The van der Waals surface area contributed by atoms with E-state index in [0.29, 0.717) is 17.9 Å². The molecule has 4 aromatic carbocycles. The van der Waals surface area contributed by atoms with Gasteiger partial charge < -0.3 is 26.0 Å². The van der Waals surface area contributed by atoms with Crippen LogP contribution >= 0.6 is 0 Å². The number of rotatable bonds is 10.